The molecule has 26 heavy (non-hydrogen) atoms. The molecule has 2 heterocycles. The summed E-state index contributed by atoms with van der Waals surface area (Å²) in [6.45, 7) is 2.72. The molecule has 0 atom stereocenters. The molecule has 9 heteroatoms. The number of sulfonamides is 1. The number of rotatable bonds is 5. The first-order valence-electron chi connectivity index (χ1n) is 8.19. The number of aromatic nitrogens is 1. The van der Waals surface area contributed by atoms with Crippen LogP contribution in [0, 0.1) is 0 Å². The Morgan fingerprint density at radius 3 is 2.04 bits per heavy atom. The number of pyridine rings is 1. The van der Waals surface area contributed by atoms with Gasteiger partial charge in [-0.2, -0.15) is 4.31 Å². The van der Waals surface area contributed by atoms with E-state index in [2.05, 4.69) is 9.88 Å². The normalized spacial score (nSPS) is 17.3. The van der Waals surface area contributed by atoms with Gasteiger partial charge in [0.1, 0.15) is 0 Å². The van der Waals surface area contributed by atoms with E-state index in [-0.39, 0.29) is 9.79 Å². The van der Waals surface area contributed by atoms with Crippen molar-refractivity contribution in [3.8, 4) is 0 Å². The molecule has 0 bridgehead atoms. The van der Waals surface area contributed by atoms with Crippen LogP contribution in [0.4, 0.5) is 0 Å². The Bertz CT molecular complexity index is 951. The van der Waals surface area contributed by atoms with Crippen LogP contribution < -0.4 is 0 Å². The van der Waals surface area contributed by atoms with Crippen LogP contribution in [-0.2, 0) is 26.4 Å². The second-order valence-electron chi connectivity index (χ2n) is 6.24. The summed E-state index contributed by atoms with van der Waals surface area (Å²) in [6, 6.07) is 11.1. The molecular weight excluding hydrogens is 374 g/mol. The highest BCUT2D eigenvalue weighted by atomic mass is 32.2. The van der Waals surface area contributed by atoms with E-state index in [4.69, 9.17) is 0 Å². The fourth-order valence-corrected chi connectivity index (χ4v) is 4.91. The third kappa shape index (κ3) is 4.29. The zero-order valence-corrected chi connectivity index (χ0v) is 16.1. The highest BCUT2D eigenvalue weighted by Crippen LogP contribution is 2.20. The first-order valence-corrected chi connectivity index (χ1v) is 11.5. The zero-order valence-electron chi connectivity index (χ0n) is 14.4. The average Bonchev–Trinajstić information content (AvgIpc) is 2.62. The van der Waals surface area contributed by atoms with Gasteiger partial charge in [-0.05, 0) is 36.4 Å². The smallest absolute Gasteiger partial charge is 0.243 e. The summed E-state index contributed by atoms with van der Waals surface area (Å²) in [4.78, 5) is 6.68. The molecule has 1 aliphatic heterocycles. The molecule has 0 aliphatic carbocycles. The van der Waals surface area contributed by atoms with Crippen molar-refractivity contribution in [1.29, 1.82) is 0 Å². The fraction of sp³-hybridized carbons (Fsp3) is 0.353. The monoisotopic (exact) mass is 395 g/mol. The van der Waals surface area contributed by atoms with E-state index < -0.39 is 19.9 Å². The van der Waals surface area contributed by atoms with Gasteiger partial charge in [0, 0.05) is 45.2 Å². The van der Waals surface area contributed by atoms with Gasteiger partial charge in [0.2, 0.25) is 10.0 Å². The summed E-state index contributed by atoms with van der Waals surface area (Å²) in [5, 5.41) is 0. The van der Waals surface area contributed by atoms with Gasteiger partial charge in [-0.1, -0.05) is 6.07 Å². The first-order chi connectivity index (χ1) is 12.3. The molecule has 7 nitrogen and oxygen atoms in total. The van der Waals surface area contributed by atoms with Gasteiger partial charge in [-0.25, -0.2) is 16.8 Å². The summed E-state index contributed by atoms with van der Waals surface area (Å²) >= 11 is 0. The van der Waals surface area contributed by atoms with Crippen LogP contribution >= 0.6 is 0 Å². The van der Waals surface area contributed by atoms with Crippen molar-refractivity contribution in [2.24, 2.45) is 0 Å². The fourth-order valence-electron chi connectivity index (χ4n) is 2.86. The molecule has 0 N–H and O–H groups in total. The lowest BCUT2D eigenvalue weighted by molar-refractivity contribution is 0.180. The van der Waals surface area contributed by atoms with Crippen LogP contribution in [0.15, 0.2) is 58.5 Å². The number of nitrogens with zero attached hydrogens (tertiary/aromatic N) is 3. The lowest BCUT2D eigenvalue weighted by Gasteiger charge is -2.33. The molecule has 3 rings (SSSR count). The van der Waals surface area contributed by atoms with E-state index in [0.29, 0.717) is 32.7 Å². The Morgan fingerprint density at radius 1 is 0.885 bits per heavy atom. The van der Waals surface area contributed by atoms with Gasteiger partial charge in [0.05, 0.1) is 15.5 Å². The number of hydrogen-bond donors (Lipinski definition) is 0. The summed E-state index contributed by atoms with van der Waals surface area (Å²) < 4.78 is 50.0. The lowest BCUT2D eigenvalue weighted by atomic mass is 10.3. The molecular formula is C17H21N3O4S2. The lowest BCUT2D eigenvalue weighted by Crippen LogP contribution is -2.48. The third-order valence-corrected chi connectivity index (χ3v) is 7.37. The van der Waals surface area contributed by atoms with E-state index in [0.717, 1.165) is 11.9 Å². The molecule has 2 aromatic rings. The Labute approximate surface area is 154 Å². The van der Waals surface area contributed by atoms with E-state index in [9.17, 15) is 16.8 Å². The molecule has 1 saturated heterocycles. The standard InChI is InChI=1S/C17H21N3O4S2/c1-25(21,22)16-5-7-17(8-6-16)26(23,24)20-12-10-19(11-13-20)14-15-4-2-3-9-18-15/h2-9H,10-14H2,1H3. The Morgan fingerprint density at radius 2 is 1.50 bits per heavy atom. The van der Waals surface area contributed by atoms with Crippen molar-refractivity contribution in [3.63, 3.8) is 0 Å². The van der Waals surface area contributed by atoms with E-state index in [1.807, 2.05) is 18.2 Å². The maximum Gasteiger partial charge on any atom is 0.243 e. The Balaban J connectivity index is 1.66. The van der Waals surface area contributed by atoms with Gasteiger partial charge in [0.25, 0.3) is 0 Å². The predicted octanol–water partition coefficient (Wildman–Crippen LogP) is 0.992. The molecule has 0 amide bonds. The topological polar surface area (TPSA) is 87.6 Å². The first kappa shape index (κ1) is 19.0. The maximum absolute atomic E-state index is 12.8. The zero-order chi connectivity index (χ0) is 18.8. The van der Waals surface area contributed by atoms with Crippen LogP contribution in [0.3, 0.4) is 0 Å². The van der Waals surface area contributed by atoms with Crippen molar-refractivity contribution in [1.82, 2.24) is 14.2 Å². The van der Waals surface area contributed by atoms with Crippen LogP contribution in [-0.4, -0.2) is 63.5 Å². The quantitative estimate of drug-likeness (QED) is 0.750. The molecule has 1 aromatic carbocycles. The molecule has 0 spiro atoms. The Kier molecular flexibility index (Phi) is 5.42. The van der Waals surface area contributed by atoms with Gasteiger partial charge in [0.15, 0.2) is 9.84 Å². The number of piperazine rings is 1. The van der Waals surface area contributed by atoms with Gasteiger partial charge in [-0.15, -0.1) is 0 Å². The molecule has 0 saturated carbocycles. The van der Waals surface area contributed by atoms with Crippen LogP contribution in [0.25, 0.3) is 0 Å². The number of sulfone groups is 1. The summed E-state index contributed by atoms with van der Waals surface area (Å²) in [5.41, 5.74) is 0.958. The van der Waals surface area contributed by atoms with Gasteiger partial charge >= 0.3 is 0 Å². The molecule has 1 aromatic heterocycles. The number of benzene rings is 1. The van der Waals surface area contributed by atoms with Crippen LogP contribution in [0.1, 0.15) is 5.69 Å². The summed E-state index contributed by atoms with van der Waals surface area (Å²) in [5.74, 6) is 0. The van der Waals surface area contributed by atoms with Gasteiger partial charge in [-0.3, -0.25) is 9.88 Å². The molecule has 0 unspecified atom stereocenters. The van der Waals surface area contributed by atoms with E-state index in [1.54, 1.807) is 6.20 Å². The van der Waals surface area contributed by atoms with Crippen molar-refractivity contribution in [3.05, 3.63) is 54.4 Å². The minimum atomic E-state index is -3.62. The predicted molar refractivity (Wildman–Crippen MR) is 97.8 cm³/mol. The largest absolute Gasteiger partial charge is 0.295 e. The third-order valence-electron chi connectivity index (χ3n) is 4.33. The molecule has 0 radical (unpaired) electrons. The van der Waals surface area contributed by atoms with Crippen LogP contribution in [0.5, 0.6) is 0 Å². The molecule has 140 valence electrons. The molecule has 1 aliphatic rings. The summed E-state index contributed by atoms with van der Waals surface area (Å²) in [7, 11) is -6.97. The highest BCUT2D eigenvalue weighted by molar-refractivity contribution is 7.90. The van der Waals surface area contributed by atoms with Crippen molar-refractivity contribution < 1.29 is 16.8 Å². The summed E-state index contributed by atoms with van der Waals surface area (Å²) in [6.07, 6.45) is 2.84. The average molecular weight is 396 g/mol. The molecule has 1 fully saturated rings. The second kappa shape index (κ2) is 7.43. The van der Waals surface area contributed by atoms with Crippen LogP contribution in [0.2, 0.25) is 0 Å². The van der Waals surface area contributed by atoms with E-state index in [1.165, 1.54) is 28.6 Å². The van der Waals surface area contributed by atoms with Crippen molar-refractivity contribution in [2.45, 2.75) is 16.3 Å². The van der Waals surface area contributed by atoms with Gasteiger partial charge < -0.3 is 0 Å². The minimum absolute atomic E-state index is 0.108. The maximum atomic E-state index is 12.8. The SMILES string of the molecule is CS(=O)(=O)c1ccc(S(=O)(=O)N2CCN(Cc3ccccn3)CC2)cc1. The minimum Gasteiger partial charge on any atom is -0.295 e. The Hall–Kier alpha value is -1.81. The van der Waals surface area contributed by atoms with Crippen molar-refractivity contribution >= 4 is 19.9 Å². The van der Waals surface area contributed by atoms with Crippen molar-refractivity contribution in [2.75, 3.05) is 32.4 Å². The highest BCUT2D eigenvalue weighted by Gasteiger charge is 2.28. The number of hydrogen-bond acceptors (Lipinski definition) is 6. The van der Waals surface area contributed by atoms with E-state index >= 15 is 0 Å². The second-order valence-corrected chi connectivity index (χ2v) is 10.2.